The van der Waals surface area contributed by atoms with E-state index in [1.54, 1.807) is 25.6 Å². The molecule has 3 rings (SSSR count). The van der Waals surface area contributed by atoms with Gasteiger partial charge in [-0.2, -0.15) is 0 Å². The van der Waals surface area contributed by atoms with Crippen LogP contribution in [-0.2, 0) is 27.4 Å². The first-order valence-electron chi connectivity index (χ1n) is 9.78. The first-order valence-corrected chi connectivity index (χ1v) is 9.78. The van der Waals surface area contributed by atoms with Gasteiger partial charge in [0.15, 0.2) is 0 Å². The Kier molecular flexibility index (Phi) is 6.82. The maximum atomic E-state index is 12.8. The van der Waals surface area contributed by atoms with Crippen molar-refractivity contribution in [3.05, 3.63) is 59.9 Å². The highest BCUT2D eigenvalue weighted by molar-refractivity contribution is 5.90. The monoisotopic (exact) mass is 397 g/mol. The van der Waals surface area contributed by atoms with Crippen LogP contribution in [-0.4, -0.2) is 35.6 Å². The summed E-state index contributed by atoms with van der Waals surface area (Å²) in [4.78, 5) is 29.6. The fourth-order valence-corrected chi connectivity index (χ4v) is 3.46. The maximum Gasteiger partial charge on any atom is 0.329 e. The minimum Gasteiger partial charge on any atom is -0.497 e. The van der Waals surface area contributed by atoms with Crippen molar-refractivity contribution in [1.29, 1.82) is 0 Å². The van der Waals surface area contributed by atoms with E-state index in [9.17, 15) is 9.59 Å². The van der Waals surface area contributed by atoms with Crippen molar-refractivity contribution in [1.82, 2.24) is 10.3 Å². The molecule has 1 aromatic carbocycles. The van der Waals surface area contributed by atoms with Crippen LogP contribution in [0.5, 0.6) is 5.75 Å². The zero-order valence-electron chi connectivity index (χ0n) is 16.6. The number of carbonyl (C=O) groups excluding carboxylic acids is 2. The molecule has 0 spiro atoms. The molecule has 2 aromatic rings. The van der Waals surface area contributed by atoms with Crippen molar-refractivity contribution >= 4 is 11.9 Å². The summed E-state index contributed by atoms with van der Waals surface area (Å²) in [5.41, 5.74) is 7.00. The van der Waals surface area contributed by atoms with Crippen LogP contribution >= 0.6 is 0 Å². The summed E-state index contributed by atoms with van der Waals surface area (Å²) in [6, 6.07) is 10.1. The van der Waals surface area contributed by atoms with Crippen LogP contribution in [0.2, 0.25) is 0 Å². The summed E-state index contributed by atoms with van der Waals surface area (Å²) in [5, 5.41) is 2.83. The largest absolute Gasteiger partial charge is 0.497 e. The van der Waals surface area contributed by atoms with Gasteiger partial charge in [-0.25, -0.2) is 4.79 Å². The molecule has 1 aliphatic carbocycles. The molecule has 0 saturated heterocycles. The number of aromatic nitrogens is 1. The van der Waals surface area contributed by atoms with Crippen molar-refractivity contribution < 1.29 is 19.1 Å². The van der Waals surface area contributed by atoms with Crippen LogP contribution in [0.15, 0.2) is 48.8 Å². The highest BCUT2D eigenvalue weighted by Crippen LogP contribution is 2.27. The summed E-state index contributed by atoms with van der Waals surface area (Å²) in [6.07, 6.45) is 6.67. The number of methoxy groups -OCH3 is 1. The van der Waals surface area contributed by atoms with Gasteiger partial charge in [0, 0.05) is 24.4 Å². The lowest BCUT2D eigenvalue weighted by molar-refractivity contribution is -0.149. The van der Waals surface area contributed by atoms with Crippen molar-refractivity contribution in [2.75, 3.05) is 7.11 Å². The molecule has 7 heteroatoms. The van der Waals surface area contributed by atoms with Crippen molar-refractivity contribution in [3.63, 3.8) is 0 Å². The Hall–Kier alpha value is -2.93. The molecular weight excluding hydrogens is 370 g/mol. The van der Waals surface area contributed by atoms with Gasteiger partial charge in [-0.05, 0) is 36.6 Å². The number of esters is 1. The van der Waals surface area contributed by atoms with Crippen LogP contribution in [0, 0.1) is 0 Å². The standard InChI is InChI=1S/C22H27N3O4/c1-28-18-8-6-16(7-9-18)13-19(25-21(27)22(23)10-2-3-11-22)20(26)29-15-17-5-4-12-24-14-17/h4-9,12,14,19H,2-3,10-11,13,15,23H2,1H3,(H,25,27)/t19-/m0/s1. The highest BCUT2D eigenvalue weighted by Gasteiger charge is 2.39. The number of rotatable bonds is 8. The molecule has 0 aliphatic heterocycles. The fourth-order valence-electron chi connectivity index (χ4n) is 3.46. The van der Waals surface area contributed by atoms with Gasteiger partial charge in [0.1, 0.15) is 18.4 Å². The van der Waals surface area contributed by atoms with Gasteiger partial charge in [0.05, 0.1) is 12.6 Å². The summed E-state index contributed by atoms with van der Waals surface area (Å²) >= 11 is 0. The molecular formula is C22H27N3O4. The minimum absolute atomic E-state index is 0.0927. The number of benzene rings is 1. The lowest BCUT2D eigenvalue weighted by Gasteiger charge is -2.26. The molecule has 29 heavy (non-hydrogen) atoms. The van der Waals surface area contributed by atoms with Crippen LogP contribution < -0.4 is 15.8 Å². The van der Waals surface area contributed by atoms with Gasteiger partial charge >= 0.3 is 5.97 Å². The lowest BCUT2D eigenvalue weighted by atomic mass is 9.96. The molecule has 1 saturated carbocycles. The number of ether oxygens (including phenoxy) is 2. The summed E-state index contributed by atoms with van der Waals surface area (Å²) in [5.74, 6) is -0.0770. The predicted octanol–water partition coefficient (Wildman–Crippen LogP) is 2.13. The Morgan fingerprint density at radius 3 is 2.52 bits per heavy atom. The van der Waals surface area contributed by atoms with Crippen LogP contribution in [0.3, 0.4) is 0 Å². The van der Waals surface area contributed by atoms with E-state index in [4.69, 9.17) is 15.2 Å². The third-order valence-electron chi connectivity index (χ3n) is 5.24. The minimum atomic E-state index is -0.915. The highest BCUT2D eigenvalue weighted by atomic mass is 16.5. The van der Waals surface area contributed by atoms with Crippen molar-refractivity contribution in [2.45, 2.75) is 50.3 Å². The second-order valence-corrected chi connectivity index (χ2v) is 7.41. The number of hydrogen-bond acceptors (Lipinski definition) is 6. The van der Waals surface area contributed by atoms with E-state index in [1.165, 1.54) is 0 Å². The Bertz CT molecular complexity index is 818. The SMILES string of the molecule is COc1ccc(C[C@H](NC(=O)C2(N)CCCC2)C(=O)OCc2cccnc2)cc1. The van der Waals surface area contributed by atoms with E-state index < -0.39 is 17.6 Å². The summed E-state index contributed by atoms with van der Waals surface area (Å²) < 4.78 is 10.6. The molecule has 1 aliphatic rings. The van der Waals surface area contributed by atoms with E-state index in [2.05, 4.69) is 10.3 Å². The molecule has 1 atom stereocenters. The third kappa shape index (κ3) is 5.54. The number of hydrogen-bond donors (Lipinski definition) is 2. The van der Waals surface area contributed by atoms with E-state index >= 15 is 0 Å². The normalized spacial score (nSPS) is 16.1. The maximum absolute atomic E-state index is 12.8. The molecule has 0 bridgehead atoms. The molecule has 154 valence electrons. The molecule has 1 fully saturated rings. The van der Waals surface area contributed by atoms with Gasteiger partial charge in [-0.1, -0.05) is 31.0 Å². The van der Waals surface area contributed by atoms with E-state index in [1.807, 2.05) is 30.3 Å². The van der Waals surface area contributed by atoms with E-state index in [0.29, 0.717) is 19.3 Å². The predicted molar refractivity (Wildman–Crippen MR) is 108 cm³/mol. The molecule has 7 nitrogen and oxygen atoms in total. The Morgan fingerprint density at radius 1 is 1.17 bits per heavy atom. The summed E-state index contributed by atoms with van der Waals surface area (Å²) in [7, 11) is 1.59. The number of pyridine rings is 1. The average Bonchev–Trinajstić information content (AvgIpc) is 3.20. The number of nitrogens with one attached hydrogen (secondary N) is 1. The Balaban J connectivity index is 1.70. The smallest absolute Gasteiger partial charge is 0.329 e. The molecule has 0 unspecified atom stereocenters. The second kappa shape index (κ2) is 9.52. The average molecular weight is 397 g/mol. The first-order chi connectivity index (χ1) is 14.0. The number of nitrogens with two attached hydrogens (primary N) is 1. The first kappa shape index (κ1) is 20.8. The summed E-state index contributed by atoms with van der Waals surface area (Å²) in [6.45, 7) is 0.0927. The van der Waals surface area contributed by atoms with Gasteiger partial charge in [0.25, 0.3) is 0 Å². The zero-order chi connectivity index (χ0) is 20.7. The van der Waals surface area contributed by atoms with Gasteiger partial charge in [-0.3, -0.25) is 9.78 Å². The van der Waals surface area contributed by atoms with Crippen LogP contribution in [0.1, 0.15) is 36.8 Å². The lowest BCUT2D eigenvalue weighted by Crippen LogP contribution is -2.56. The third-order valence-corrected chi connectivity index (χ3v) is 5.24. The molecule has 1 heterocycles. The van der Waals surface area contributed by atoms with E-state index in [-0.39, 0.29) is 12.5 Å². The molecule has 3 N–H and O–H groups in total. The van der Waals surface area contributed by atoms with Crippen LogP contribution in [0.25, 0.3) is 0 Å². The van der Waals surface area contributed by atoms with Gasteiger partial charge < -0.3 is 20.5 Å². The fraction of sp³-hybridized carbons (Fsp3) is 0.409. The number of carbonyl (C=O) groups is 2. The zero-order valence-corrected chi connectivity index (χ0v) is 16.6. The van der Waals surface area contributed by atoms with Crippen molar-refractivity contribution in [3.8, 4) is 5.75 Å². The molecule has 0 radical (unpaired) electrons. The van der Waals surface area contributed by atoms with Gasteiger partial charge in [-0.15, -0.1) is 0 Å². The molecule has 1 amide bonds. The topological polar surface area (TPSA) is 104 Å². The van der Waals surface area contributed by atoms with Crippen molar-refractivity contribution in [2.24, 2.45) is 5.73 Å². The quantitative estimate of drug-likeness (QED) is 0.662. The second-order valence-electron chi connectivity index (χ2n) is 7.41. The number of nitrogens with zero attached hydrogens (tertiary/aromatic N) is 1. The Morgan fingerprint density at radius 2 is 1.90 bits per heavy atom. The Labute approximate surface area is 170 Å². The van der Waals surface area contributed by atoms with Gasteiger partial charge in [0.2, 0.25) is 5.91 Å². The molecule has 1 aromatic heterocycles. The van der Waals surface area contributed by atoms with Crippen LogP contribution in [0.4, 0.5) is 0 Å². The number of amides is 1. The van der Waals surface area contributed by atoms with E-state index in [0.717, 1.165) is 29.7 Å².